The Bertz CT molecular complexity index is 685. The molecule has 154 valence electrons. The van der Waals surface area contributed by atoms with Crippen LogP contribution in [-0.4, -0.2) is 57.2 Å². The van der Waals surface area contributed by atoms with Gasteiger partial charge in [-0.25, -0.2) is 4.79 Å². The first-order chi connectivity index (χ1) is 13.2. The summed E-state index contributed by atoms with van der Waals surface area (Å²) in [5.41, 5.74) is 0. The van der Waals surface area contributed by atoms with Gasteiger partial charge in [0.15, 0.2) is 18.1 Å². The number of carbonyl (C=O) groups excluding carboxylic acids is 1. The third kappa shape index (κ3) is 8.94. The van der Waals surface area contributed by atoms with E-state index in [2.05, 4.69) is 10.1 Å². The van der Waals surface area contributed by atoms with E-state index in [1.165, 1.54) is 7.11 Å². The van der Waals surface area contributed by atoms with Gasteiger partial charge in [-0.2, -0.15) is 0 Å². The smallest absolute Gasteiger partial charge is 0.343 e. The number of methoxy groups -OCH3 is 1. The fourth-order valence-electron chi connectivity index (χ4n) is 2.15. The Balaban J connectivity index is 0.00000392. The first-order valence-corrected chi connectivity index (χ1v) is 8.67. The Morgan fingerprint density at radius 1 is 1.00 bits per heavy atom. The average molecular weight is 412 g/mol. The fourth-order valence-corrected chi connectivity index (χ4v) is 2.15. The van der Waals surface area contributed by atoms with Crippen molar-refractivity contribution in [3.05, 3.63) is 54.6 Å². The number of nitrogens with one attached hydrogen (secondary N) is 1. The summed E-state index contributed by atoms with van der Waals surface area (Å²) in [6, 6.07) is 16.4. The number of ether oxygens (including phenoxy) is 4. The van der Waals surface area contributed by atoms with Gasteiger partial charge < -0.3 is 29.4 Å². The molecule has 0 heterocycles. The number of carbonyl (C=O) groups is 1. The zero-order valence-electron chi connectivity index (χ0n) is 15.7. The van der Waals surface area contributed by atoms with E-state index < -0.39 is 12.1 Å². The van der Waals surface area contributed by atoms with Gasteiger partial charge in [-0.15, -0.1) is 12.4 Å². The fraction of sp³-hybridized carbons (Fsp3) is 0.350. The van der Waals surface area contributed by atoms with Crippen LogP contribution in [0.2, 0.25) is 0 Å². The molecule has 0 saturated carbocycles. The third-order valence-electron chi connectivity index (χ3n) is 3.52. The van der Waals surface area contributed by atoms with Crippen molar-refractivity contribution in [2.75, 3.05) is 40.0 Å². The molecule has 1 unspecified atom stereocenters. The number of halogens is 1. The van der Waals surface area contributed by atoms with Gasteiger partial charge in [0, 0.05) is 13.1 Å². The second-order valence-electron chi connectivity index (χ2n) is 5.64. The number of aliphatic hydroxyl groups excluding tert-OH is 1. The maximum absolute atomic E-state index is 11.2. The van der Waals surface area contributed by atoms with Crippen molar-refractivity contribution in [2.45, 2.75) is 6.10 Å². The van der Waals surface area contributed by atoms with Gasteiger partial charge in [-0.1, -0.05) is 30.3 Å². The lowest BCUT2D eigenvalue weighted by molar-refractivity contribution is -0.142. The zero-order valence-corrected chi connectivity index (χ0v) is 16.5. The van der Waals surface area contributed by atoms with Crippen LogP contribution in [0.4, 0.5) is 0 Å². The van der Waals surface area contributed by atoms with Crippen molar-refractivity contribution < 1.29 is 28.8 Å². The van der Waals surface area contributed by atoms with E-state index in [1.54, 1.807) is 18.2 Å². The number of esters is 1. The zero-order chi connectivity index (χ0) is 19.3. The van der Waals surface area contributed by atoms with Crippen LogP contribution < -0.4 is 19.5 Å². The lowest BCUT2D eigenvalue weighted by Gasteiger charge is -2.14. The van der Waals surface area contributed by atoms with Crippen LogP contribution >= 0.6 is 12.4 Å². The van der Waals surface area contributed by atoms with Crippen LogP contribution in [0, 0.1) is 0 Å². The molecule has 0 aliphatic carbocycles. The highest BCUT2D eigenvalue weighted by atomic mass is 35.5. The lowest BCUT2D eigenvalue weighted by atomic mass is 10.3. The molecule has 7 nitrogen and oxygen atoms in total. The standard InChI is InChI=1S/C20H25NO6.ClH/c1-24-20(23)15-27-19-10-6-5-9-18(19)25-12-11-21-13-16(22)14-26-17-7-3-2-4-8-17;/h2-10,16,21-22H,11-15H2,1H3;1H. The molecule has 28 heavy (non-hydrogen) atoms. The maximum atomic E-state index is 11.2. The summed E-state index contributed by atoms with van der Waals surface area (Å²) in [4.78, 5) is 11.2. The van der Waals surface area contributed by atoms with Gasteiger partial charge in [0.2, 0.25) is 0 Å². The van der Waals surface area contributed by atoms with Crippen LogP contribution in [0.15, 0.2) is 54.6 Å². The van der Waals surface area contributed by atoms with Crippen molar-refractivity contribution in [1.29, 1.82) is 0 Å². The van der Waals surface area contributed by atoms with Crippen molar-refractivity contribution in [1.82, 2.24) is 5.32 Å². The third-order valence-corrected chi connectivity index (χ3v) is 3.52. The Morgan fingerprint density at radius 2 is 1.64 bits per heavy atom. The Hall–Kier alpha value is -2.48. The summed E-state index contributed by atoms with van der Waals surface area (Å²) in [6.45, 7) is 1.33. The van der Waals surface area contributed by atoms with E-state index >= 15 is 0 Å². The van der Waals surface area contributed by atoms with Crippen molar-refractivity contribution in [2.24, 2.45) is 0 Å². The van der Waals surface area contributed by atoms with E-state index in [9.17, 15) is 9.90 Å². The SMILES string of the molecule is COC(=O)COc1ccccc1OCCNCC(O)COc1ccccc1.Cl. The van der Waals surface area contributed by atoms with Gasteiger partial charge in [-0.3, -0.25) is 0 Å². The quantitative estimate of drug-likeness (QED) is 0.408. The minimum Gasteiger partial charge on any atom is -0.491 e. The highest BCUT2D eigenvalue weighted by Gasteiger charge is 2.08. The second kappa shape index (κ2) is 13.7. The summed E-state index contributed by atoms with van der Waals surface area (Å²) in [7, 11) is 1.30. The second-order valence-corrected chi connectivity index (χ2v) is 5.64. The van der Waals surface area contributed by atoms with Crippen LogP contribution in [0.1, 0.15) is 0 Å². The molecule has 0 aromatic heterocycles. The molecule has 1 atom stereocenters. The summed E-state index contributed by atoms with van der Waals surface area (Å²) in [5.74, 6) is 1.27. The van der Waals surface area contributed by atoms with Gasteiger partial charge >= 0.3 is 5.97 Å². The van der Waals surface area contributed by atoms with Gasteiger partial charge in [0.1, 0.15) is 25.1 Å². The largest absolute Gasteiger partial charge is 0.491 e. The van der Waals surface area contributed by atoms with E-state index in [4.69, 9.17) is 14.2 Å². The molecule has 0 aliphatic heterocycles. The molecular formula is C20H26ClNO6. The Kier molecular flexibility index (Phi) is 11.5. The lowest BCUT2D eigenvalue weighted by Crippen LogP contribution is -2.33. The predicted octanol–water partition coefficient (Wildman–Crippen LogP) is 2.07. The summed E-state index contributed by atoms with van der Waals surface area (Å²) in [6.07, 6.45) is -0.624. The minimum absolute atomic E-state index is 0. The number of hydrogen-bond donors (Lipinski definition) is 2. The average Bonchev–Trinajstić information content (AvgIpc) is 2.71. The number of aliphatic hydroxyl groups is 1. The van der Waals surface area contributed by atoms with Gasteiger partial charge in [0.25, 0.3) is 0 Å². The molecular weight excluding hydrogens is 386 g/mol. The van der Waals surface area contributed by atoms with E-state index in [0.29, 0.717) is 31.2 Å². The highest BCUT2D eigenvalue weighted by molar-refractivity contribution is 5.85. The molecule has 0 saturated heterocycles. The molecule has 2 aromatic carbocycles. The van der Waals surface area contributed by atoms with Crippen molar-refractivity contribution in [3.63, 3.8) is 0 Å². The van der Waals surface area contributed by atoms with E-state index in [-0.39, 0.29) is 25.6 Å². The van der Waals surface area contributed by atoms with E-state index in [1.807, 2.05) is 36.4 Å². The number of benzene rings is 2. The molecule has 0 spiro atoms. The number of rotatable bonds is 12. The normalized spacial score (nSPS) is 11.1. The van der Waals surface area contributed by atoms with Crippen LogP contribution in [0.3, 0.4) is 0 Å². The first kappa shape index (κ1) is 23.6. The molecule has 0 fully saturated rings. The Labute approximate surface area is 171 Å². The van der Waals surface area contributed by atoms with Gasteiger partial charge in [-0.05, 0) is 24.3 Å². The molecule has 2 rings (SSSR count). The molecule has 8 heteroatoms. The van der Waals surface area contributed by atoms with Crippen LogP contribution in [0.25, 0.3) is 0 Å². The number of hydrogen-bond acceptors (Lipinski definition) is 7. The maximum Gasteiger partial charge on any atom is 0.343 e. The Morgan fingerprint density at radius 3 is 2.32 bits per heavy atom. The molecule has 0 radical (unpaired) electrons. The first-order valence-electron chi connectivity index (χ1n) is 8.67. The number of para-hydroxylation sites is 3. The molecule has 2 N–H and O–H groups in total. The minimum atomic E-state index is -0.624. The summed E-state index contributed by atoms with van der Waals surface area (Å²) >= 11 is 0. The van der Waals surface area contributed by atoms with Gasteiger partial charge in [0.05, 0.1) is 7.11 Å². The van der Waals surface area contributed by atoms with Crippen LogP contribution in [0.5, 0.6) is 17.2 Å². The monoisotopic (exact) mass is 411 g/mol. The van der Waals surface area contributed by atoms with Crippen molar-refractivity contribution >= 4 is 18.4 Å². The topological polar surface area (TPSA) is 86.3 Å². The molecule has 0 aliphatic rings. The van der Waals surface area contributed by atoms with Crippen LogP contribution in [-0.2, 0) is 9.53 Å². The molecule has 0 bridgehead atoms. The molecule has 0 amide bonds. The predicted molar refractivity (Wildman–Crippen MR) is 108 cm³/mol. The summed E-state index contributed by atoms with van der Waals surface area (Å²) < 4.78 is 21.1. The molecule has 2 aromatic rings. The van der Waals surface area contributed by atoms with E-state index in [0.717, 1.165) is 5.75 Å². The summed E-state index contributed by atoms with van der Waals surface area (Å²) in [5, 5.41) is 13.0. The van der Waals surface area contributed by atoms with Crippen molar-refractivity contribution in [3.8, 4) is 17.2 Å². The highest BCUT2D eigenvalue weighted by Crippen LogP contribution is 2.26.